The molecule has 7 heteroatoms. The number of likely N-dealkylation sites (tertiary alicyclic amines) is 1. The van der Waals surface area contributed by atoms with Gasteiger partial charge in [-0.15, -0.1) is 0 Å². The molecule has 0 unspecified atom stereocenters. The highest BCUT2D eigenvalue weighted by Crippen LogP contribution is 2.28. The molecule has 1 aliphatic rings. The van der Waals surface area contributed by atoms with Gasteiger partial charge in [-0.1, -0.05) is 29.3 Å². The van der Waals surface area contributed by atoms with Crippen molar-refractivity contribution in [2.45, 2.75) is 6.42 Å². The van der Waals surface area contributed by atoms with Crippen molar-refractivity contribution in [2.24, 2.45) is 5.73 Å². The van der Waals surface area contributed by atoms with Crippen LogP contribution in [0.1, 0.15) is 22.3 Å². The van der Waals surface area contributed by atoms with Crippen molar-refractivity contribution in [1.29, 1.82) is 5.41 Å². The maximum Gasteiger partial charge on any atom is 0.255 e. The van der Waals surface area contributed by atoms with E-state index >= 15 is 0 Å². The number of nitrogens with two attached hydrogens (primary N) is 1. The molecule has 3 N–H and O–H groups in total. The molecule has 0 bridgehead atoms. The van der Waals surface area contributed by atoms with Gasteiger partial charge >= 0.3 is 0 Å². The minimum atomic E-state index is -0.237. The summed E-state index contributed by atoms with van der Waals surface area (Å²) in [5.41, 5.74) is 9.01. The number of rotatable bonds is 2. The first-order valence-corrected chi connectivity index (χ1v) is 8.44. The fourth-order valence-corrected chi connectivity index (χ4v) is 3.16. The average Bonchev–Trinajstić information content (AvgIpc) is 2.63. The number of halogens is 2. The molecule has 1 aliphatic heterocycles. The van der Waals surface area contributed by atoms with Gasteiger partial charge in [-0.25, -0.2) is 0 Å². The third kappa shape index (κ3) is 3.52. The minimum Gasteiger partial charge on any atom is -0.398 e. The van der Waals surface area contributed by atoms with Gasteiger partial charge in [0.25, 0.3) is 5.91 Å². The molecular formula is C18H16Cl2N4O. The van der Waals surface area contributed by atoms with Crippen molar-refractivity contribution in [3.8, 4) is 0 Å². The van der Waals surface area contributed by atoms with Gasteiger partial charge in [-0.3, -0.25) is 9.78 Å². The Morgan fingerprint density at radius 2 is 1.92 bits per heavy atom. The lowest BCUT2D eigenvalue weighted by Gasteiger charge is -2.30. The standard InChI is InChI=1S/C18H16Cl2N4O/c19-14-3-1-2-13(16(14)20)18(25)24-9-6-12(15(21)10-24)17(22)11-4-7-23-8-5-11/h1-5,7-8,21H,6,9-10,22H2. The van der Waals surface area contributed by atoms with Crippen LogP contribution in [0.2, 0.25) is 10.0 Å². The van der Waals surface area contributed by atoms with Gasteiger partial charge in [0, 0.05) is 35.8 Å². The van der Waals surface area contributed by atoms with Crippen LogP contribution in [0.25, 0.3) is 5.70 Å². The van der Waals surface area contributed by atoms with E-state index in [1.54, 1.807) is 47.6 Å². The number of amides is 1. The molecule has 25 heavy (non-hydrogen) atoms. The first-order chi connectivity index (χ1) is 12.0. The fraction of sp³-hybridized carbons (Fsp3) is 0.167. The summed E-state index contributed by atoms with van der Waals surface area (Å²) in [4.78, 5) is 18.3. The number of hydrogen-bond acceptors (Lipinski definition) is 4. The van der Waals surface area contributed by atoms with E-state index < -0.39 is 0 Å². The summed E-state index contributed by atoms with van der Waals surface area (Å²) in [6.45, 7) is 0.647. The molecule has 2 heterocycles. The van der Waals surface area contributed by atoms with Crippen LogP contribution < -0.4 is 5.73 Å². The second kappa shape index (κ2) is 7.25. The third-order valence-electron chi connectivity index (χ3n) is 4.13. The van der Waals surface area contributed by atoms with Crippen LogP contribution >= 0.6 is 23.2 Å². The molecular weight excluding hydrogens is 359 g/mol. The summed E-state index contributed by atoms with van der Waals surface area (Å²) >= 11 is 12.1. The van der Waals surface area contributed by atoms with Crippen molar-refractivity contribution in [2.75, 3.05) is 13.1 Å². The number of carbonyl (C=O) groups excluding carboxylic acids is 1. The number of piperidine rings is 1. The highest BCUT2D eigenvalue weighted by Gasteiger charge is 2.27. The van der Waals surface area contributed by atoms with E-state index in [4.69, 9.17) is 34.3 Å². The molecule has 0 aliphatic carbocycles. The lowest BCUT2D eigenvalue weighted by Crippen LogP contribution is -2.41. The lowest BCUT2D eigenvalue weighted by atomic mass is 9.96. The molecule has 1 amide bonds. The van der Waals surface area contributed by atoms with Crippen molar-refractivity contribution in [3.63, 3.8) is 0 Å². The molecule has 1 saturated heterocycles. The Hall–Kier alpha value is -2.37. The maximum atomic E-state index is 12.7. The van der Waals surface area contributed by atoms with Crippen LogP contribution in [-0.4, -0.2) is 34.6 Å². The van der Waals surface area contributed by atoms with Crippen LogP contribution in [0.5, 0.6) is 0 Å². The Kier molecular flexibility index (Phi) is 5.06. The smallest absolute Gasteiger partial charge is 0.255 e. The summed E-state index contributed by atoms with van der Waals surface area (Å²) in [7, 11) is 0. The topological polar surface area (TPSA) is 83.1 Å². The molecule has 1 fully saturated rings. The van der Waals surface area contributed by atoms with Gasteiger partial charge in [0.2, 0.25) is 0 Å². The second-order valence-electron chi connectivity index (χ2n) is 5.68. The first-order valence-electron chi connectivity index (χ1n) is 7.69. The minimum absolute atomic E-state index is 0.183. The molecule has 1 aromatic heterocycles. The van der Waals surface area contributed by atoms with Crippen molar-refractivity contribution in [1.82, 2.24) is 9.88 Å². The maximum absolute atomic E-state index is 12.7. The van der Waals surface area contributed by atoms with Gasteiger partial charge in [0.1, 0.15) is 0 Å². The van der Waals surface area contributed by atoms with Gasteiger partial charge < -0.3 is 16.0 Å². The molecule has 3 rings (SSSR count). The monoisotopic (exact) mass is 374 g/mol. The summed E-state index contributed by atoms with van der Waals surface area (Å²) in [6.07, 6.45) is 3.83. The molecule has 2 aromatic rings. The summed E-state index contributed by atoms with van der Waals surface area (Å²) < 4.78 is 0. The summed E-state index contributed by atoms with van der Waals surface area (Å²) in [6, 6.07) is 8.56. The predicted molar refractivity (Wildman–Crippen MR) is 100 cm³/mol. The predicted octanol–water partition coefficient (Wildman–Crippen LogP) is 3.62. The first kappa shape index (κ1) is 17.5. The van der Waals surface area contributed by atoms with Crippen molar-refractivity contribution < 1.29 is 4.79 Å². The zero-order valence-corrected chi connectivity index (χ0v) is 14.8. The molecule has 0 saturated carbocycles. The SMILES string of the molecule is N=C1CN(C(=O)c2cccc(Cl)c2Cl)CCC1=C(N)c1ccncc1. The quantitative estimate of drug-likeness (QED) is 0.841. The number of pyridine rings is 1. The second-order valence-corrected chi connectivity index (χ2v) is 6.47. The van der Waals surface area contributed by atoms with E-state index in [-0.39, 0.29) is 17.5 Å². The largest absolute Gasteiger partial charge is 0.398 e. The van der Waals surface area contributed by atoms with Gasteiger partial charge in [-0.05, 0) is 30.7 Å². The Labute approximate surface area is 155 Å². The lowest BCUT2D eigenvalue weighted by molar-refractivity contribution is 0.0776. The average molecular weight is 375 g/mol. The zero-order valence-electron chi connectivity index (χ0n) is 13.3. The highest BCUT2D eigenvalue weighted by molar-refractivity contribution is 6.43. The van der Waals surface area contributed by atoms with Gasteiger partial charge in [-0.2, -0.15) is 0 Å². The number of nitrogens with one attached hydrogen (secondary N) is 1. The van der Waals surface area contributed by atoms with E-state index in [0.29, 0.717) is 35.0 Å². The van der Waals surface area contributed by atoms with Crippen LogP contribution in [0, 0.1) is 5.41 Å². The Morgan fingerprint density at radius 3 is 2.60 bits per heavy atom. The number of aromatic nitrogens is 1. The van der Waals surface area contributed by atoms with E-state index in [1.807, 2.05) is 0 Å². The molecule has 0 spiro atoms. The highest BCUT2D eigenvalue weighted by atomic mass is 35.5. The van der Waals surface area contributed by atoms with Crippen LogP contribution in [0.3, 0.4) is 0 Å². The van der Waals surface area contributed by atoms with E-state index in [2.05, 4.69) is 4.98 Å². The van der Waals surface area contributed by atoms with Crippen LogP contribution in [-0.2, 0) is 0 Å². The molecule has 5 nitrogen and oxygen atoms in total. The van der Waals surface area contributed by atoms with E-state index in [9.17, 15) is 4.79 Å². The molecule has 0 atom stereocenters. The summed E-state index contributed by atoms with van der Waals surface area (Å²) in [5, 5.41) is 8.87. The van der Waals surface area contributed by atoms with Crippen LogP contribution in [0.15, 0.2) is 48.3 Å². The Bertz CT molecular complexity index is 865. The van der Waals surface area contributed by atoms with Gasteiger partial charge in [0.05, 0.1) is 27.9 Å². The number of hydrogen-bond donors (Lipinski definition) is 2. The Balaban J connectivity index is 1.81. The Morgan fingerprint density at radius 1 is 1.20 bits per heavy atom. The van der Waals surface area contributed by atoms with E-state index in [0.717, 1.165) is 11.1 Å². The van der Waals surface area contributed by atoms with Crippen LogP contribution in [0.4, 0.5) is 0 Å². The molecule has 128 valence electrons. The fourth-order valence-electron chi connectivity index (χ4n) is 2.78. The summed E-state index contributed by atoms with van der Waals surface area (Å²) in [5.74, 6) is -0.237. The molecule has 0 radical (unpaired) electrons. The number of carbonyl (C=O) groups is 1. The van der Waals surface area contributed by atoms with E-state index in [1.165, 1.54) is 0 Å². The molecule has 1 aromatic carbocycles. The normalized spacial score (nSPS) is 16.7. The number of benzene rings is 1. The number of nitrogens with zero attached hydrogens (tertiary/aromatic N) is 2. The van der Waals surface area contributed by atoms with Crippen molar-refractivity contribution >= 4 is 40.5 Å². The van der Waals surface area contributed by atoms with Gasteiger partial charge in [0.15, 0.2) is 0 Å². The van der Waals surface area contributed by atoms with Crippen molar-refractivity contribution in [3.05, 3.63) is 69.5 Å². The third-order valence-corrected chi connectivity index (χ3v) is 4.95. The zero-order chi connectivity index (χ0) is 18.0.